The number of methoxy groups -OCH3 is 2. The van der Waals surface area contributed by atoms with Crippen molar-refractivity contribution in [3.05, 3.63) is 59.7 Å². The van der Waals surface area contributed by atoms with Gasteiger partial charge in [0.1, 0.15) is 0 Å². The van der Waals surface area contributed by atoms with E-state index in [9.17, 15) is 0 Å². The van der Waals surface area contributed by atoms with Gasteiger partial charge in [0.15, 0.2) is 0 Å². The van der Waals surface area contributed by atoms with Gasteiger partial charge in [-0.05, 0) is 21.7 Å². The summed E-state index contributed by atoms with van der Waals surface area (Å²) in [5, 5.41) is 2.68. The Bertz CT molecular complexity index is 511. The fourth-order valence-electron chi connectivity index (χ4n) is 2.03. The van der Waals surface area contributed by atoms with Gasteiger partial charge in [-0.3, -0.25) is 0 Å². The standard InChI is InChI=1S/C16H19O2P/c1-17-11-13-7-6-10-16(15(13)12-18-2)19-14-8-4-3-5-9-14/h3-10,19H,11-12H2,1-2H3. The molecule has 0 amide bonds. The average Bonchev–Trinajstić information content (AvgIpc) is 2.44. The van der Waals surface area contributed by atoms with Crippen LogP contribution in [0.15, 0.2) is 48.5 Å². The minimum Gasteiger partial charge on any atom is -0.380 e. The summed E-state index contributed by atoms with van der Waals surface area (Å²) in [6.45, 7) is 1.26. The van der Waals surface area contributed by atoms with Crippen LogP contribution in [0.3, 0.4) is 0 Å². The van der Waals surface area contributed by atoms with Crippen molar-refractivity contribution in [3.63, 3.8) is 0 Å². The van der Waals surface area contributed by atoms with Crippen LogP contribution in [0, 0.1) is 0 Å². The highest BCUT2D eigenvalue weighted by Gasteiger charge is 2.08. The Morgan fingerprint density at radius 3 is 2.26 bits per heavy atom. The Morgan fingerprint density at radius 1 is 0.842 bits per heavy atom. The van der Waals surface area contributed by atoms with E-state index in [1.165, 1.54) is 21.7 Å². The van der Waals surface area contributed by atoms with Crippen LogP contribution >= 0.6 is 8.58 Å². The molecule has 19 heavy (non-hydrogen) atoms. The lowest BCUT2D eigenvalue weighted by atomic mass is 10.1. The van der Waals surface area contributed by atoms with Crippen molar-refractivity contribution in [2.24, 2.45) is 0 Å². The van der Waals surface area contributed by atoms with Gasteiger partial charge in [0.25, 0.3) is 0 Å². The van der Waals surface area contributed by atoms with Crippen molar-refractivity contribution in [2.45, 2.75) is 13.2 Å². The van der Waals surface area contributed by atoms with Crippen molar-refractivity contribution >= 4 is 19.2 Å². The first-order valence-corrected chi connectivity index (χ1v) is 7.26. The number of hydrogen-bond acceptors (Lipinski definition) is 2. The first-order valence-electron chi connectivity index (χ1n) is 6.26. The van der Waals surface area contributed by atoms with Gasteiger partial charge in [0.2, 0.25) is 0 Å². The Morgan fingerprint density at radius 2 is 1.58 bits per heavy atom. The van der Waals surface area contributed by atoms with Crippen LogP contribution in [0.5, 0.6) is 0 Å². The third-order valence-corrected chi connectivity index (χ3v) is 4.27. The average molecular weight is 274 g/mol. The number of benzene rings is 2. The quantitative estimate of drug-likeness (QED) is 0.754. The summed E-state index contributed by atoms with van der Waals surface area (Å²) in [4.78, 5) is 0. The smallest absolute Gasteiger partial charge is 0.0722 e. The van der Waals surface area contributed by atoms with E-state index in [4.69, 9.17) is 9.47 Å². The van der Waals surface area contributed by atoms with Crippen molar-refractivity contribution in [2.75, 3.05) is 14.2 Å². The zero-order valence-corrected chi connectivity index (χ0v) is 12.3. The second-order valence-corrected chi connectivity index (χ2v) is 5.67. The molecule has 0 fully saturated rings. The first kappa shape index (κ1) is 14.2. The largest absolute Gasteiger partial charge is 0.380 e. The molecule has 0 saturated carbocycles. The summed E-state index contributed by atoms with van der Waals surface area (Å²) in [6.07, 6.45) is 0. The van der Waals surface area contributed by atoms with Gasteiger partial charge in [0.05, 0.1) is 13.2 Å². The van der Waals surface area contributed by atoms with E-state index in [1.54, 1.807) is 14.2 Å². The van der Waals surface area contributed by atoms with Gasteiger partial charge >= 0.3 is 0 Å². The lowest BCUT2D eigenvalue weighted by molar-refractivity contribution is 0.169. The van der Waals surface area contributed by atoms with E-state index < -0.39 is 0 Å². The number of hydrogen-bond donors (Lipinski definition) is 0. The minimum atomic E-state index is 0.631. The number of ether oxygens (including phenoxy) is 2. The summed E-state index contributed by atoms with van der Waals surface area (Å²) < 4.78 is 10.6. The van der Waals surface area contributed by atoms with Gasteiger partial charge in [-0.2, -0.15) is 0 Å². The van der Waals surface area contributed by atoms with E-state index in [1.807, 2.05) is 6.07 Å². The molecule has 2 nitrogen and oxygen atoms in total. The summed E-state index contributed by atoms with van der Waals surface area (Å²) >= 11 is 0. The molecule has 1 atom stereocenters. The zero-order valence-electron chi connectivity index (χ0n) is 11.3. The monoisotopic (exact) mass is 274 g/mol. The lowest BCUT2D eigenvalue weighted by Gasteiger charge is -2.14. The van der Waals surface area contributed by atoms with E-state index in [0.29, 0.717) is 21.8 Å². The molecule has 0 aliphatic carbocycles. The van der Waals surface area contributed by atoms with Gasteiger partial charge in [-0.15, -0.1) is 0 Å². The van der Waals surface area contributed by atoms with Crippen LogP contribution in [0.2, 0.25) is 0 Å². The van der Waals surface area contributed by atoms with Crippen LogP contribution in [-0.4, -0.2) is 14.2 Å². The van der Waals surface area contributed by atoms with Gasteiger partial charge < -0.3 is 9.47 Å². The predicted molar refractivity (Wildman–Crippen MR) is 81.9 cm³/mol. The molecular weight excluding hydrogens is 255 g/mol. The molecule has 0 N–H and O–H groups in total. The van der Waals surface area contributed by atoms with Crippen molar-refractivity contribution in [1.82, 2.24) is 0 Å². The maximum atomic E-state index is 5.34. The molecule has 2 aromatic rings. The summed E-state index contributed by atoms with van der Waals surface area (Å²) in [5.74, 6) is 0. The molecule has 100 valence electrons. The van der Waals surface area contributed by atoms with Crippen LogP contribution < -0.4 is 10.6 Å². The second-order valence-electron chi connectivity index (χ2n) is 4.30. The second kappa shape index (κ2) is 7.40. The minimum absolute atomic E-state index is 0.631. The molecule has 0 aliphatic rings. The molecule has 2 rings (SSSR count). The maximum absolute atomic E-state index is 5.34. The van der Waals surface area contributed by atoms with E-state index in [-0.39, 0.29) is 0 Å². The highest BCUT2D eigenvalue weighted by Crippen LogP contribution is 2.18. The fraction of sp³-hybridized carbons (Fsp3) is 0.250. The topological polar surface area (TPSA) is 18.5 Å². The third kappa shape index (κ3) is 3.87. The molecular formula is C16H19O2P. The normalized spacial score (nSPS) is 11.3. The highest BCUT2D eigenvalue weighted by atomic mass is 31.1. The molecule has 0 spiro atoms. The first-order chi connectivity index (χ1) is 9.35. The molecule has 0 aromatic heterocycles. The molecule has 0 radical (unpaired) electrons. The van der Waals surface area contributed by atoms with Crippen LogP contribution in [-0.2, 0) is 22.7 Å². The third-order valence-electron chi connectivity index (χ3n) is 2.91. The van der Waals surface area contributed by atoms with Crippen LogP contribution in [0.4, 0.5) is 0 Å². The molecule has 2 aromatic carbocycles. The van der Waals surface area contributed by atoms with Gasteiger partial charge in [-0.1, -0.05) is 57.1 Å². The molecule has 0 heterocycles. The Hall–Kier alpha value is -1.21. The predicted octanol–water partition coefficient (Wildman–Crippen LogP) is 2.61. The Kier molecular flexibility index (Phi) is 5.53. The highest BCUT2D eigenvalue weighted by molar-refractivity contribution is 7.55. The van der Waals surface area contributed by atoms with Crippen LogP contribution in [0.25, 0.3) is 0 Å². The molecule has 3 heteroatoms. The summed E-state index contributed by atoms with van der Waals surface area (Å²) in [5.41, 5.74) is 2.47. The van der Waals surface area contributed by atoms with Crippen molar-refractivity contribution in [3.8, 4) is 0 Å². The zero-order chi connectivity index (χ0) is 13.5. The maximum Gasteiger partial charge on any atom is 0.0722 e. The van der Waals surface area contributed by atoms with Crippen LogP contribution in [0.1, 0.15) is 11.1 Å². The van der Waals surface area contributed by atoms with Gasteiger partial charge in [-0.25, -0.2) is 0 Å². The number of rotatable bonds is 6. The summed E-state index contributed by atoms with van der Waals surface area (Å²) in [6, 6.07) is 16.9. The van der Waals surface area contributed by atoms with E-state index in [0.717, 1.165) is 0 Å². The molecule has 0 aliphatic heterocycles. The molecule has 0 bridgehead atoms. The molecule has 0 saturated heterocycles. The Labute approximate surface area is 116 Å². The fourth-order valence-corrected chi connectivity index (χ4v) is 3.27. The molecule has 1 unspecified atom stereocenters. The summed E-state index contributed by atoms with van der Waals surface area (Å²) in [7, 11) is 4.11. The van der Waals surface area contributed by atoms with E-state index in [2.05, 4.69) is 42.5 Å². The van der Waals surface area contributed by atoms with Crippen molar-refractivity contribution < 1.29 is 9.47 Å². The SMILES string of the molecule is COCc1cccc(Pc2ccccc2)c1COC. The Balaban J connectivity index is 2.30. The lowest BCUT2D eigenvalue weighted by Crippen LogP contribution is -2.13. The van der Waals surface area contributed by atoms with E-state index >= 15 is 0 Å². The van der Waals surface area contributed by atoms with Gasteiger partial charge in [0, 0.05) is 14.2 Å². The van der Waals surface area contributed by atoms with Crippen molar-refractivity contribution in [1.29, 1.82) is 0 Å².